The van der Waals surface area contributed by atoms with Crippen LogP contribution in [0.15, 0.2) is 42.5 Å². The van der Waals surface area contributed by atoms with E-state index < -0.39 is 0 Å². The number of hydrogen-bond acceptors (Lipinski definition) is 5. The summed E-state index contributed by atoms with van der Waals surface area (Å²) in [4.78, 5) is 27.2. The summed E-state index contributed by atoms with van der Waals surface area (Å²) >= 11 is 0. The van der Waals surface area contributed by atoms with E-state index >= 15 is 0 Å². The number of benzene rings is 2. The van der Waals surface area contributed by atoms with Crippen LogP contribution in [0.4, 0.5) is 0 Å². The predicted octanol–water partition coefficient (Wildman–Crippen LogP) is 3.66. The Kier molecular flexibility index (Phi) is 8.11. The molecule has 2 unspecified atom stereocenters. The zero-order valence-corrected chi connectivity index (χ0v) is 19.2. The average Bonchev–Trinajstić information content (AvgIpc) is 2.78. The topological polar surface area (TPSA) is 77.1 Å². The molecule has 7 nitrogen and oxygen atoms in total. The summed E-state index contributed by atoms with van der Waals surface area (Å²) in [5.41, 5.74) is 2.04. The molecule has 1 saturated heterocycles. The minimum atomic E-state index is -0.203. The monoisotopic (exact) mass is 440 g/mol. The molecule has 0 bridgehead atoms. The van der Waals surface area contributed by atoms with Crippen LogP contribution >= 0.6 is 0 Å². The average molecular weight is 441 g/mol. The van der Waals surface area contributed by atoms with Gasteiger partial charge in [-0.2, -0.15) is 0 Å². The lowest BCUT2D eigenvalue weighted by Gasteiger charge is -2.35. The van der Waals surface area contributed by atoms with Crippen molar-refractivity contribution < 1.29 is 23.8 Å². The molecule has 2 amide bonds. The van der Waals surface area contributed by atoms with Crippen molar-refractivity contribution in [1.29, 1.82) is 0 Å². The third kappa shape index (κ3) is 6.01. The van der Waals surface area contributed by atoms with Crippen molar-refractivity contribution in [3.05, 3.63) is 59.2 Å². The Morgan fingerprint density at radius 2 is 1.53 bits per heavy atom. The zero-order chi connectivity index (χ0) is 23.1. The second kappa shape index (κ2) is 11.0. The van der Waals surface area contributed by atoms with E-state index in [0.717, 1.165) is 5.56 Å². The fraction of sp³-hybridized carbons (Fsp3) is 0.440. The Morgan fingerprint density at radius 3 is 2.16 bits per heavy atom. The van der Waals surface area contributed by atoms with Crippen LogP contribution in [-0.2, 0) is 11.3 Å². The van der Waals surface area contributed by atoms with E-state index in [1.807, 2.05) is 44.7 Å². The first-order chi connectivity index (χ1) is 15.4. The largest absolute Gasteiger partial charge is 0.490 e. The highest BCUT2D eigenvalue weighted by Gasteiger charge is 2.26. The summed E-state index contributed by atoms with van der Waals surface area (Å²) in [6.07, 6.45) is 0.0612. The molecule has 0 spiro atoms. The van der Waals surface area contributed by atoms with E-state index in [0.29, 0.717) is 55.5 Å². The number of morpholine rings is 1. The second-order valence-electron chi connectivity index (χ2n) is 7.87. The van der Waals surface area contributed by atoms with Gasteiger partial charge >= 0.3 is 0 Å². The van der Waals surface area contributed by atoms with Crippen LogP contribution in [-0.4, -0.2) is 55.2 Å². The Balaban J connectivity index is 1.59. The van der Waals surface area contributed by atoms with Crippen molar-refractivity contribution in [2.45, 2.75) is 46.4 Å². The maximum absolute atomic E-state index is 12.8. The summed E-state index contributed by atoms with van der Waals surface area (Å²) < 4.78 is 16.8. The SMILES string of the molecule is CCOc1ccc(C(=O)NCc2ccc(C(=O)N3CC(C)OC(C)C3)cc2)cc1OCC. The number of carbonyl (C=O) groups excluding carboxylic acids is 2. The second-order valence-corrected chi connectivity index (χ2v) is 7.87. The van der Waals surface area contributed by atoms with Crippen LogP contribution in [0.25, 0.3) is 0 Å². The molecular formula is C25H32N2O5. The molecule has 3 rings (SSSR count). The molecule has 0 aromatic heterocycles. The molecule has 1 fully saturated rings. The summed E-state index contributed by atoms with van der Waals surface area (Å²) in [7, 11) is 0. The summed E-state index contributed by atoms with van der Waals surface area (Å²) in [5.74, 6) is 0.970. The Bertz CT molecular complexity index is 918. The van der Waals surface area contributed by atoms with Crippen LogP contribution in [0.5, 0.6) is 11.5 Å². The Labute approximate surface area is 189 Å². The highest BCUT2D eigenvalue weighted by atomic mass is 16.5. The van der Waals surface area contributed by atoms with Gasteiger partial charge in [0.1, 0.15) is 0 Å². The van der Waals surface area contributed by atoms with E-state index in [1.165, 1.54) is 0 Å². The maximum atomic E-state index is 12.8. The van der Waals surface area contributed by atoms with Crippen molar-refractivity contribution in [2.24, 2.45) is 0 Å². The van der Waals surface area contributed by atoms with Gasteiger partial charge in [-0.05, 0) is 63.6 Å². The lowest BCUT2D eigenvalue weighted by Crippen LogP contribution is -2.48. The molecule has 2 atom stereocenters. The van der Waals surface area contributed by atoms with E-state index in [1.54, 1.807) is 30.3 Å². The van der Waals surface area contributed by atoms with Gasteiger partial charge in [0.2, 0.25) is 0 Å². The van der Waals surface area contributed by atoms with Crippen molar-refractivity contribution >= 4 is 11.8 Å². The zero-order valence-electron chi connectivity index (χ0n) is 19.2. The first-order valence-electron chi connectivity index (χ1n) is 11.1. The van der Waals surface area contributed by atoms with Crippen LogP contribution in [0.1, 0.15) is 54.0 Å². The third-order valence-electron chi connectivity index (χ3n) is 5.17. The first kappa shape index (κ1) is 23.6. The molecule has 0 aliphatic carbocycles. The van der Waals surface area contributed by atoms with Gasteiger partial charge < -0.3 is 24.4 Å². The lowest BCUT2D eigenvalue weighted by atomic mass is 10.1. The van der Waals surface area contributed by atoms with Gasteiger partial charge in [0.05, 0.1) is 25.4 Å². The van der Waals surface area contributed by atoms with E-state index in [9.17, 15) is 9.59 Å². The quantitative estimate of drug-likeness (QED) is 0.678. The van der Waals surface area contributed by atoms with Gasteiger partial charge in [-0.1, -0.05) is 12.1 Å². The van der Waals surface area contributed by atoms with Gasteiger partial charge in [0.25, 0.3) is 11.8 Å². The van der Waals surface area contributed by atoms with Gasteiger partial charge in [-0.3, -0.25) is 9.59 Å². The molecule has 1 aliphatic rings. The Hall–Kier alpha value is -3.06. The molecule has 0 saturated carbocycles. The molecule has 32 heavy (non-hydrogen) atoms. The predicted molar refractivity (Wildman–Crippen MR) is 122 cm³/mol. The fourth-order valence-corrected chi connectivity index (χ4v) is 3.77. The van der Waals surface area contributed by atoms with Crippen molar-refractivity contribution in [2.75, 3.05) is 26.3 Å². The molecule has 7 heteroatoms. The van der Waals surface area contributed by atoms with Crippen LogP contribution < -0.4 is 14.8 Å². The minimum Gasteiger partial charge on any atom is -0.490 e. The first-order valence-corrected chi connectivity index (χ1v) is 11.1. The molecule has 172 valence electrons. The standard InChI is InChI=1S/C25H32N2O5/c1-5-30-22-12-11-21(13-23(22)31-6-2)24(28)26-14-19-7-9-20(10-8-19)25(29)27-15-17(3)32-18(4)16-27/h7-13,17-18H,5-6,14-16H2,1-4H3,(H,26,28). The van der Waals surface area contributed by atoms with Crippen molar-refractivity contribution in [1.82, 2.24) is 10.2 Å². The minimum absolute atomic E-state index is 0.000395. The fourth-order valence-electron chi connectivity index (χ4n) is 3.77. The van der Waals surface area contributed by atoms with Crippen molar-refractivity contribution in [3.8, 4) is 11.5 Å². The number of ether oxygens (including phenoxy) is 3. The number of rotatable bonds is 8. The number of amides is 2. The van der Waals surface area contributed by atoms with E-state index in [2.05, 4.69) is 5.32 Å². The molecule has 2 aromatic rings. The third-order valence-corrected chi connectivity index (χ3v) is 5.17. The molecule has 1 aliphatic heterocycles. The number of hydrogen-bond donors (Lipinski definition) is 1. The molecule has 1 heterocycles. The summed E-state index contributed by atoms with van der Waals surface area (Å²) in [6.45, 7) is 10.3. The van der Waals surface area contributed by atoms with Crippen molar-refractivity contribution in [3.63, 3.8) is 0 Å². The van der Waals surface area contributed by atoms with Gasteiger partial charge in [0, 0.05) is 30.8 Å². The van der Waals surface area contributed by atoms with Gasteiger partial charge in [0.15, 0.2) is 11.5 Å². The molecular weight excluding hydrogens is 408 g/mol. The smallest absolute Gasteiger partial charge is 0.254 e. The lowest BCUT2D eigenvalue weighted by molar-refractivity contribution is -0.0586. The maximum Gasteiger partial charge on any atom is 0.254 e. The molecule has 2 aromatic carbocycles. The highest BCUT2D eigenvalue weighted by Crippen LogP contribution is 2.28. The van der Waals surface area contributed by atoms with Crippen LogP contribution in [0, 0.1) is 0 Å². The highest BCUT2D eigenvalue weighted by molar-refractivity contribution is 5.95. The van der Waals surface area contributed by atoms with Gasteiger partial charge in [-0.25, -0.2) is 0 Å². The number of carbonyl (C=O) groups is 2. The molecule has 0 radical (unpaired) electrons. The van der Waals surface area contributed by atoms with Gasteiger partial charge in [-0.15, -0.1) is 0 Å². The number of nitrogens with zero attached hydrogens (tertiary/aromatic N) is 1. The van der Waals surface area contributed by atoms with E-state index in [4.69, 9.17) is 14.2 Å². The van der Waals surface area contributed by atoms with Crippen LogP contribution in [0.2, 0.25) is 0 Å². The van der Waals surface area contributed by atoms with Crippen LogP contribution in [0.3, 0.4) is 0 Å². The number of nitrogens with one attached hydrogen (secondary N) is 1. The summed E-state index contributed by atoms with van der Waals surface area (Å²) in [5, 5.41) is 2.91. The Morgan fingerprint density at radius 1 is 0.938 bits per heavy atom. The molecule has 1 N–H and O–H groups in total. The van der Waals surface area contributed by atoms with E-state index in [-0.39, 0.29) is 24.0 Å². The summed E-state index contributed by atoms with van der Waals surface area (Å²) in [6, 6.07) is 12.5. The normalized spacial score (nSPS) is 18.2.